The average Bonchev–Trinajstić information content (AvgIpc) is 2.58. The zero-order chi connectivity index (χ0) is 13.1. The molecule has 100 valence electrons. The molecule has 1 saturated heterocycles. The molecule has 3 atom stereocenters. The quantitative estimate of drug-likeness (QED) is 0.763. The van der Waals surface area contributed by atoms with Crippen LogP contribution in [0.25, 0.3) is 0 Å². The number of hydrogen-bond donors (Lipinski definition) is 2. The van der Waals surface area contributed by atoms with Crippen LogP contribution in [0.15, 0.2) is 0 Å². The Hall–Kier alpha value is -0.610. The fraction of sp³-hybridized carbons (Fsp3) is 0.923. The maximum atomic E-state index is 12.2. The molecule has 1 fully saturated rings. The zero-order valence-corrected chi connectivity index (χ0v) is 11.5. The third-order valence-corrected chi connectivity index (χ3v) is 3.59. The molecule has 0 aromatic rings. The van der Waals surface area contributed by atoms with Crippen LogP contribution in [0.1, 0.15) is 40.5 Å². The first-order valence-electron chi connectivity index (χ1n) is 6.50. The smallest absolute Gasteiger partial charge is 0.230 e. The minimum absolute atomic E-state index is 0.0266. The van der Waals surface area contributed by atoms with Crippen LogP contribution in [0.3, 0.4) is 0 Å². The summed E-state index contributed by atoms with van der Waals surface area (Å²) < 4.78 is 5.29. The lowest BCUT2D eigenvalue weighted by atomic mass is 9.84. The molecule has 0 spiro atoms. The Bertz CT molecular complexity index is 268. The summed E-state index contributed by atoms with van der Waals surface area (Å²) in [5.74, 6) is 0.695. The van der Waals surface area contributed by atoms with Crippen molar-refractivity contribution in [1.29, 1.82) is 0 Å². The highest BCUT2D eigenvalue weighted by Crippen LogP contribution is 2.27. The van der Waals surface area contributed by atoms with Crippen molar-refractivity contribution >= 4 is 5.91 Å². The van der Waals surface area contributed by atoms with Crippen molar-refractivity contribution in [3.8, 4) is 0 Å². The highest BCUT2D eigenvalue weighted by Gasteiger charge is 2.44. The van der Waals surface area contributed by atoms with E-state index in [4.69, 9.17) is 10.5 Å². The molecule has 3 N–H and O–H groups in total. The minimum Gasteiger partial charge on any atom is -0.379 e. The fourth-order valence-corrected chi connectivity index (χ4v) is 1.97. The molecule has 1 aliphatic rings. The Balaban J connectivity index is 2.43. The SMILES string of the molecule is CC(C)CCC(C)NC(=O)C1(C)COCC1N. The molecule has 0 saturated carbocycles. The highest BCUT2D eigenvalue weighted by molar-refractivity contribution is 5.83. The molecule has 3 unspecified atom stereocenters. The third kappa shape index (κ3) is 3.68. The van der Waals surface area contributed by atoms with Crippen LogP contribution in [-0.4, -0.2) is 31.2 Å². The van der Waals surface area contributed by atoms with Gasteiger partial charge in [-0.1, -0.05) is 13.8 Å². The predicted octanol–water partition coefficient (Wildman–Crippen LogP) is 1.29. The molecule has 4 heteroatoms. The van der Waals surface area contributed by atoms with Gasteiger partial charge in [-0.2, -0.15) is 0 Å². The predicted molar refractivity (Wildman–Crippen MR) is 68.6 cm³/mol. The molecule has 0 radical (unpaired) electrons. The first-order valence-corrected chi connectivity index (χ1v) is 6.50. The van der Waals surface area contributed by atoms with Gasteiger partial charge < -0.3 is 15.8 Å². The largest absolute Gasteiger partial charge is 0.379 e. The van der Waals surface area contributed by atoms with Gasteiger partial charge in [-0.05, 0) is 32.6 Å². The molecule has 1 aliphatic heterocycles. The maximum absolute atomic E-state index is 12.2. The number of carbonyl (C=O) groups is 1. The van der Waals surface area contributed by atoms with Crippen LogP contribution in [0.4, 0.5) is 0 Å². The first kappa shape index (κ1) is 14.5. The lowest BCUT2D eigenvalue weighted by Gasteiger charge is -2.27. The van der Waals surface area contributed by atoms with E-state index in [1.807, 2.05) is 13.8 Å². The second-order valence-corrected chi connectivity index (χ2v) is 5.88. The number of carbonyl (C=O) groups excluding carboxylic acids is 1. The highest BCUT2D eigenvalue weighted by atomic mass is 16.5. The Morgan fingerprint density at radius 1 is 1.47 bits per heavy atom. The Morgan fingerprint density at radius 3 is 2.59 bits per heavy atom. The third-order valence-electron chi connectivity index (χ3n) is 3.59. The van der Waals surface area contributed by atoms with Crippen molar-refractivity contribution in [2.24, 2.45) is 17.1 Å². The molecule has 0 aromatic heterocycles. The molecule has 0 aromatic carbocycles. The van der Waals surface area contributed by atoms with Crippen LogP contribution >= 0.6 is 0 Å². The van der Waals surface area contributed by atoms with E-state index in [0.717, 1.165) is 12.8 Å². The van der Waals surface area contributed by atoms with Gasteiger partial charge in [0.2, 0.25) is 5.91 Å². The fourth-order valence-electron chi connectivity index (χ4n) is 1.97. The van der Waals surface area contributed by atoms with Crippen LogP contribution in [-0.2, 0) is 9.53 Å². The second-order valence-electron chi connectivity index (χ2n) is 5.88. The van der Waals surface area contributed by atoms with Gasteiger partial charge >= 0.3 is 0 Å². The minimum atomic E-state index is -0.563. The number of hydrogen-bond acceptors (Lipinski definition) is 3. The van der Waals surface area contributed by atoms with E-state index in [-0.39, 0.29) is 18.0 Å². The lowest BCUT2D eigenvalue weighted by Crippen LogP contribution is -2.51. The molecule has 1 heterocycles. The molecule has 1 rings (SSSR count). The maximum Gasteiger partial charge on any atom is 0.230 e. The average molecular weight is 242 g/mol. The van der Waals surface area contributed by atoms with Crippen molar-refractivity contribution < 1.29 is 9.53 Å². The van der Waals surface area contributed by atoms with Gasteiger partial charge in [0.05, 0.1) is 18.6 Å². The van der Waals surface area contributed by atoms with Crippen LogP contribution in [0, 0.1) is 11.3 Å². The monoisotopic (exact) mass is 242 g/mol. The van der Waals surface area contributed by atoms with Gasteiger partial charge in [-0.3, -0.25) is 4.79 Å². The summed E-state index contributed by atoms with van der Waals surface area (Å²) in [4.78, 5) is 12.2. The number of nitrogens with two attached hydrogens (primary N) is 1. The zero-order valence-electron chi connectivity index (χ0n) is 11.5. The van der Waals surface area contributed by atoms with Crippen molar-refractivity contribution in [3.63, 3.8) is 0 Å². The standard InChI is InChI=1S/C13H26N2O2/c1-9(2)5-6-10(3)15-12(16)13(4)8-17-7-11(13)14/h9-11H,5-8,14H2,1-4H3,(H,15,16). The summed E-state index contributed by atoms with van der Waals surface area (Å²) in [6.45, 7) is 9.22. The summed E-state index contributed by atoms with van der Waals surface area (Å²) in [7, 11) is 0. The Morgan fingerprint density at radius 2 is 2.12 bits per heavy atom. The number of nitrogens with one attached hydrogen (secondary N) is 1. The van der Waals surface area contributed by atoms with E-state index < -0.39 is 5.41 Å². The summed E-state index contributed by atoms with van der Waals surface area (Å²) in [5.41, 5.74) is 5.36. The summed E-state index contributed by atoms with van der Waals surface area (Å²) >= 11 is 0. The second kappa shape index (κ2) is 5.83. The van der Waals surface area contributed by atoms with E-state index in [2.05, 4.69) is 19.2 Å². The van der Waals surface area contributed by atoms with Crippen molar-refractivity contribution in [1.82, 2.24) is 5.32 Å². The Labute approximate surface area is 104 Å². The normalized spacial score (nSPS) is 30.6. The van der Waals surface area contributed by atoms with Gasteiger partial charge in [0.1, 0.15) is 0 Å². The summed E-state index contributed by atoms with van der Waals surface area (Å²) in [5, 5.41) is 3.05. The van der Waals surface area contributed by atoms with E-state index >= 15 is 0 Å². The number of ether oxygens (including phenoxy) is 1. The molecule has 4 nitrogen and oxygen atoms in total. The summed E-state index contributed by atoms with van der Waals surface area (Å²) in [6, 6.07) is 0.00863. The number of rotatable bonds is 5. The molecule has 0 bridgehead atoms. The van der Waals surface area contributed by atoms with Crippen LogP contribution in [0.5, 0.6) is 0 Å². The van der Waals surface area contributed by atoms with Crippen LogP contribution < -0.4 is 11.1 Å². The van der Waals surface area contributed by atoms with E-state index in [1.165, 1.54) is 0 Å². The topological polar surface area (TPSA) is 64.3 Å². The van der Waals surface area contributed by atoms with E-state index in [9.17, 15) is 4.79 Å². The van der Waals surface area contributed by atoms with Crippen molar-refractivity contribution in [2.45, 2.75) is 52.6 Å². The van der Waals surface area contributed by atoms with Gasteiger partial charge in [-0.15, -0.1) is 0 Å². The molecule has 17 heavy (non-hydrogen) atoms. The van der Waals surface area contributed by atoms with Gasteiger partial charge in [-0.25, -0.2) is 0 Å². The summed E-state index contributed by atoms with van der Waals surface area (Å²) in [6.07, 6.45) is 2.14. The van der Waals surface area contributed by atoms with Gasteiger partial charge in [0, 0.05) is 12.1 Å². The number of amides is 1. The van der Waals surface area contributed by atoms with Crippen LogP contribution in [0.2, 0.25) is 0 Å². The molecular weight excluding hydrogens is 216 g/mol. The molecule has 0 aliphatic carbocycles. The lowest BCUT2D eigenvalue weighted by molar-refractivity contribution is -0.131. The molecular formula is C13H26N2O2. The first-order chi connectivity index (χ1) is 7.86. The van der Waals surface area contributed by atoms with Gasteiger partial charge in [0.25, 0.3) is 0 Å². The van der Waals surface area contributed by atoms with E-state index in [1.54, 1.807) is 0 Å². The van der Waals surface area contributed by atoms with E-state index in [0.29, 0.717) is 19.1 Å². The van der Waals surface area contributed by atoms with Crippen molar-refractivity contribution in [2.75, 3.05) is 13.2 Å². The Kier molecular flexibility index (Phi) is 4.95. The van der Waals surface area contributed by atoms with Crippen molar-refractivity contribution in [3.05, 3.63) is 0 Å². The molecule has 1 amide bonds. The van der Waals surface area contributed by atoms with Gasteiger partial charge in [0.15, 0.2) is 0 Å².